The number of nitrogens with one attached hydrogen (secondary N) is 1. The Hall–Kier alpha value is -2.48. The van der Waals surface area contributed by atoms with Gasteiger partial charge in [0.2, 0.25) is 5.91 Å². The highest BCUT2D eigenvalue weighted by Gasteiger charge is 2.52. The third-order valence-corrected chi connectivity index (χ3v) is 5.74. The zero-order chi connectivity index (χ0) is 21.0. The van der Waals surface area contributed by atoms with Crippen molar-refractivity contribution in [3.63, 3.8) is 0 Å². The normalized spacial score (nSPS) is 18.0. The van der Waals surface area contributed by atoms with Crippen LogP contribution in [0.4, 0.5) is 9.18 Å². The van der Waals surface area contributed by atoms with Crippen molar-refractivity contribution in [3.8, 4) is 0 Å². The van der Waals surface area contributed by atoms with Gasteiger partial charge < -0.3 is 15.1 Å². The number of imide groups is 1. The van der Waals surface area contributed by atoms with Crippen molar-refractivity contribution in [1.82, 2.24) is 20.0 Å². The molecule has 3 rings (SSSR count). The summed E-state index contributed by atoms with van der Waals surface area (Å²) in [5.41, 5.74) is -0.322. The molecule has 1 saturated carbocycles. The van der Waals surface area contributed by atoms with Crippen LogP contribution in [0.15, 0.2) is 24.3 Å². The average molecular weight is 404 g/mol. The predicted octanol–water partition coefficient (Wildman–Crippen LogP) is 1.97. The lowest BCUT2D eigenvalue weighted by Crippen LogP contribution is -2.44. The molecule has 158 valence electrons. The minimum absolute atomic E-state index is 0.0249. The maximum absolute atomic E-state index is 14.1. The number of benzene rings is 1. The molecule has 0 bridgehead atoms. The molecular weight excluding hydrogens is 375 g/mol. The van der Waals surface area contributed by atoms with Gasteiger partial charge in [-0.3, -0.25) is 14.5 Å². The van der Waals surface area contributed by atoms with E-state index in [1.54, 1.807) is 23.1 Å². The molecule has 1 spiro atoms. The van der Waals surface area contributed by atoms with Gasteiger partial charge in [0, 0.05) is 38.2 Å². The molecule has 0 aromatic heterocycles. The largest absolute Gasteiger partial charge is 0.337 e. The highest BCUT2D eigenvalue weighted by Crippen LogP contribution is 2.35. The fourth-order valence-corrected chi connectivity index (χ4v) is 4.01. The van der Waals surface area contributed by atoms with E-state index >= 15 is 0 Å². The van der Waals surface area contributed by atoms with Gasteiger partial charge in [-0.1, -0.05) is 31.0 Å². The van der Waals surface area contributed by atoms with Crippen LogP contribution in [0.3, 0.4) is 0 Å². The summed E-state index contributed by atoms with van der Waals surface area (Å²) in [4.78, 5) is 42.6. The quantitative estimate of drug-likeness (QED) is 0.673. The fraction of sp³-hybridized carbons (Fsp3) is 0.571. The van der Waals surface area contributed by atoms with E-state index < -0.39 is 11.6 Å². The van der Waals surface area contributed by atoms with Crippen molar-refractivity contribution < 1.29 is 18.8 Å². The first-order valence-electron chi connectivity index (χ1n) is 10.1. The van der Waals surface area contributed by atoms with Crippen LogP contribution in [0, 0.1) is 5.82 Å². The number of urea groups is 1. The Labute approximate surface area is 170 Å². The summed E-state index contributed by atoms with van der Waals surface area (Å²) in [6, 6.07) is 5.96. The number of hydrogen-bond acceptors (Lipinski definition) is 4. The van der Waals surface area contributed by atoms with Gasteiger partial charge in [0.05, 0.1) is 0 Å². The van der Waals surface area contributed by atoms with Crippen LogP contribution in [0.25, 0.3) is 0 Å². The van der Waals surface area contributed by atoms with Crippen LogP contribution in [0.1, 0.15) is 37.7 Å². The molecule has 1 aromatic carbocycles. The van der Waals surface area contributed by atoms with Gasteiger partial charge >= 0.3 is 6.03 Å². The van der Waals surface area contributed by atoms with Gasteiger partial charge in [0.1, 0.15) is 11.4 Å². The maximum Gasteiger partial charge on any atom is 0.325 e. The second-order valence-electron chi connectivity index (χ2n) is 8.14. The van der Waals surface area contributed by atoms with Gasteiger partial charge in [-0.2, -0.15) is 0 Å². The molecule has 0 radical (unpaired) electrons. The van der Waals surface area contributed by atoms with E-state index in [0.717, 1.165) is 17.7 Å². The molecule has 2 aliphatic rings. The first-order chi connectivity index (χ1) is 13.8. The van der Waals surface area contributed by atoms with E-state index in [9.17, 15) is 18.8 Å². The molecule has 1 N–H and O–H groups in total. The summed E-state index contributed by atoms with van der Waals surface area (Å²) in [5, 5.41) is 2.83. The Morgan fingerprint density at radius 2 is 1.86 bits per heavy atom. The molecule has 0 unspecified atom stereocenters. The van der Waals surface area contributed by atoms with Crippen LogP contribution in [-0.2, 0) is 16.1 Å². The molecule has 7 nitrogen and oxygen atoms in total. The topological polar surface area (TPSA) is 73.0 Å². The van der Waals surface area contributed by atoms with Crippen LogP contribution in [-0.4, -0.2) is 71.8 Å². The van der Waals surface area contributed by atoms with Gasteiger partial charge in [-0.05, 0) is 33.0 Å². The molecule has 2 fully saturated rings. The van der Waals surface area contributed by atoms with E-state index in [2.05, 4.69) is 5.32 Å². The first kappa shape index (κ1) is 21.2. The molecule has 1 aromatic rings. The van der Waals surface area contributed by atoms with Crippen LogP contribution in [0.2, 0.25) is 0 Å². The Morgan fingerprint density at radius 1 is 1.17 bits per heavy atom. The maximum atomic E-state index is 14.1. The minimum Gasteiger partial charge on any atom is -0.337 e. The summed E-state index contributed by atoms with van der Waals surface area (Å²) in [6.07, 6.45) is 3.17. The third kappa shape index (κ3) is 4.75. The van der Waals surface area contributed by atoms with Crippen molar-refractivity contribution in [3.05, 3.63) is 35.6 Å². The van der Waals surface area contributed by atoms with Crippen molar-refractivity contribution in [1.29, 1.82) is 0 Å². The number of halogens is 1. The number of rotatable bonds is 8. The summed E-state index contributed by atoms with van der Waals surface area (Å²) >= 11 is 0. The van der Waals surface area contributed by atoms with Crippen molar-refractivity contribution in [2.75, 3.05) is 33.7 Å². The fourth-order valence-electron chi connectivity index (χ4n) is 4.01. The molecule has 1 aliphatic carbocycles. The third-order valence-electron chi connectivity index (χ3n) is 5.74. The number of carbonyl (C=O) groups is 3. The SMILES string of the molecule is CN(C)CCN(Cc1ccccc1F)C(=O)CCN1C(=O)NC2(CCCC2)C1=O. The monoisotopic (exact) mass is 404 g/mol. The molecule has 0 atom stereocenters. The molecule has 1 aliphatic heterocycles. The van der Waals surface area contributed by atoms with E-state index in [1.165, 1.54) is 6.07 Å². The van der Waals surface area contributed by atoms with Gasteiger partial charge in [0.25, 0.3) is 5.91 Å². The van der Waals surface area contributed by atoms with E-state index in [1.807, 2.05) is 19.0 Å². The predicted molar refractivity (Wildman–Crippen MR) is 106 cm³/mol. The Bertz CT molecular complexity index is 777. The van der Waals surface area contributed by atoms with Crippen LogP contribution in [0.5, 0.6) is 0 Å². The van der Waals surface area contributed by atoms with Gasteiger partial charge in [-0.15, -0.1) is 0 Å². The standard InChI is InChI=1S/C21H29FN4O3/c1-24(2)13-14-25(15-16-7-3-4-8-17(16)22)18(27)9-12-26-19(28)21(23-20(26)29)10-5-6-11-21/h3-4,7-8H,5-6,9-15H2,1-2H3,(H,23,29). The Morgan fingerprint density at radius 3 is 2.52 bits per heavy atom. The molecular formula is C21H29FN4O3. The molecule has 8 heteroatoms. The van der Waals surface area contributed by atoms with Gasteiger partial charge in [0.15, 0.2) is 0 Å². The first-order valence-corrected chi connectivity index (χ1v) is 10.1. The minimum atomic E-state index is -0.766. The highest BCUT2D eigenvalue weighted by molar-refractivity contribution is 6.07. The van der Waals surface area contributed by atoms with E-state index in [-0.39, 0.29) is 37.1 Å². The van der Waals surface area contributed by atoms with Crippen LogP contribution >= 0.6 is 0 Å². The van der Waals surface area contributed by atoms with Crippen molar-refractivity contribution >= 4 is 17.8 Å². The van der Waals surface area contributed by atoms with E-state index in [4.69, 9.17) is 0 Å². The molecule has 4 amide bonds. The zero-order valence-electron chi connectivity index (χ0n) is 17.1. The van der Waals surface area contributed by atoms with Crippen molar-refractivity contribution in [2.45, 2.75) is 44.2 Å². The second-order valence-corrected chi connectivity index (χ2v) is 8.14. The number of carbonyl (C=O) groups excluding carboxylic acids is 3. The van der Waals surface area contributed by atoms with Gasteiger partial charge in [-0.25, -0.2) is 9.18 Å². The lowest BCUT2D eigenvalue weighted by atomic mass is 9.98. The number of likely N-dealkylation sites (N-methyl/N-ethyl adjacent to an activating group) is 1. The number of hydrogen-bond donors (Lipinski definition) is 1. The average Bonchev–Trinajstić information content (AvgIpc) is 3.24. The van der Waals surface area contributed by atoms with Crippen molar-refractivity contribution in [2.24, 2.45) is 0 Å². The Kier molecular flexibility index (Phi) is 6.52. The number of nitrogens with zero attached hydrogens (tertiary/aromatic N) is 3. The summed E-state index contributed by atoms with van der Waals surface area (Å²) < 4.78 is 14.1. The summed E-state index contributed by atoms with van der Waals surface area (Å²) in [6.45, 7) is 1.26. The summed E-state index contributed by atoms with van der Waals surface area (Å²) in [5.74, 6) is -0.780. The highest BCUT2D eigenvalue weighted by atomic mass is 19.1. The molecule has 1 saturated heterocycles. The van der Waals surface area contributed by atoms with Crippen LogP contribution < -0.4 is 5.32 Å². The zero-order valence-corrected chi connectivity index (χ0v) is 17.1. The lowest BCUT2D eigenvalue weighted by molar-refractivity contribution is -0.134. The molecule has 1 heterocycles. The summed E-state index contributed by atoms with van der Waals surface area (Å²) in [7, 11) is 3.81. The number of amides is 4. The second kappa shape index (κ2) is 8.90. The lowest BCUT2D eigenvalue weighted by Gasteiger charge is -2.26. The Balaban J connectivity index is 1.64. The van der Waals surface area contributed by atoms with E-state index in [0.29, 0.717) is 31.5 Å². The smallest absolute Gasteiger partial charge is 0.325 e. The molecule has 29 heavy (non-hydrogen) atoms.